The lowest BCUT2D eigenvalue weighted by atomic mass is 10.2. The van der Waals surface area contributed by atoms with E-state index in [1.165, 1.54) is 0 Å². The number of carbonyl (C=O) groups is 1. The molecule has 7 nitrogen and oxygen atoms in total. The molecule has 4 rings (SSSR count). The van der Waals surface area contributed by atoms with Crippen LogP contribution in [-0.2, 0) is 22.5 Å². The van der Waals surface area contributed by atoms with E-state index in [1.807, 2.05) is 36.4 Å². The van der Waals surface area contributed by atoms with E-state index in [1.54, 1.807) is 7.11 Å². The van der Waals surface area contributed by atoms with Crippen LogP contribution in [0.1, 0.15) is 37.9 Å². The predicted octanol–water partition coefficient (Wildman–Crippen LogP) is 4.13. The zero-order valence-electron chi connectivity index (χ0n) is 19.3. The van der Waals surface area contributed by atoms with Gasteiger partial charge in [-0.1, -0.05) is 18.6 Å². The van der Waals surface area contributed by atoms with E-state index in [9.17, 15) is 4.79 Å². The molecule has 0 saturated carbocycles. The Hall–Kier alpha value is -3.06. The molecule has 2 heterocycles. The summed E-state index contributed by atoms with van der Waals surface area (Å²) in [6.07, 6.45) is 5.49. The van der Waals surface area contributed by atoms with Crippen molar-refractivity contribution in [2.24, 2.45) is 0 Å². The van der Waals surface area contributed by atoms with Gasteiger partial charge in [-0.15, -0.1) is 0 Å². The number of hydrogen-bond acceptors (Lipinski definition) is 5. The van der Waals surface area contributed by atoms with Gasteiger partial charge in [0.05, 0.1) is 24.7 Å². The van der Waals surface area contributed by atoms with Crippen molar-refractivity contribution in [1.82, 2.24) is 14.9 Å². The summed E-state index contributed by atoms with van der Waals surface area (Å²) in [4.78, 5) is 16.9. The number of amides is 1. The molecule has 1 fully saturated rings. The average molecular weight is 452 g/mol. The summed E-state index contributed by atoms with van der Waals surface area (Å²) in [7, 11) is 1.66. The van der Waals surface area contributed by atoms with Crippen LogP contribution in [0.3, 0.4) is 0 Å². The third-order valence-electron chi connectivity index (χ3n) is 5.98. The number of benzene rings is 2. The smallest absolute Gasteiger partial charge is 0.249 e. The summed E-state index contributed by atoms with van der Waals surface area (Å²) < 4.78 is 18.8. The lowest BCUT2D eigenvalue weighted by Gasteiger charge is -2.12. The molecule has 1 aliphatic rings. The van der Waals surface area contributed by atoms with Gasteiger partial charge in [0, 0.05) is 19.6 Å². The fourth-order valence-electron chi connectivity index (χ4n) is 4.19. The minimum atomic E-state index is -0.245. The molecule has 1 atom stereocenters. The number of para-hydroxylation sites is 2. The number of rotatable bonds is 12. The number of aryl methyl sites for hydroxylation is 1. The van der Waals surface area contributed by atoms with E-state index in [-0.39, 0.29) is 12.0 Å². The second-order valence-electron chi connectivity index (χ2n) is 8.30. The van der Waals surface area contributed by atoms with Crippen LogP contribution in [0.5, 0.6) is 11.5 Å². The molecular formula is C26H33N3O4. The van der Waals surface area contributed by atoms with Crippen LogP contribution in [0.2, 0.25) is 0 Å². The summed E-state index contributed by atoms with van der Waals surface area (Å²) in [6.45, 7) is 2.70. The fraction of sp³-hybridized carbons (Fsp3) is 0.462. The number of ether oxygens (including phenoxy) is 3. The van der Waals surface area contributed by atoms with Crippen LogP contribution in [0.25, 0.3) is 11.0 Å². The molecule has 3 aromatic rings. The number of unbranched alkanes of at least 4 members (excludes halogenated alkanes) is 2. The van der Waals surface area contributed by atoms with E-state index in [0.29, 0.717) is 19.8 Å². The lowest BCUT2D eigenvalue weighted by molar-refractivity contribution is -0.130. The molecule has 1 N–H and O–H groups in total. The molecule has 1 aromatic heterocycles. The topological polar surface area (TPSA) is 74.6 Å². The number of methoxy groups -OCH3 is 1. The molecule has 2 aromatic carbocycles. The van der Waals surface area contributed by atoms with E-state index in [0.717, 1.165) is 73.4 Å². The molecule has 33 heavy (non-hydrogen) atoms. The van der Waals surface area contributed by atoms with Gasteiger partial charge in [0.25, 0.3) is 0 Å². The Labute approximate surface area is 195 Å². The quantitative estimate of drug-likeness (QED) is 0.419. The first kappa shape index (κ1) is 23.1. The highest BCUT2D eigenvalue weighted by Crippen LogP contribution is 2.20. The van der Waals surface area contributed by atoms with Crippen LogP contribution < -0.4 is 14.8 Å². The predicted molar refractivity (Wildman–Crippen MR) is 128 cm³/mol. The number of nitrogens with one attached hydrogen (secondary N) is 1. The summed E-state index contributed by atoms with van der Waals surface area (Å²) in [5.41, 5.74) is 2.15. The van der Waals surface area contributed by atoms with Crippen LogP contribution >= 0.6 is 0 Å². The van der Waals surface area contributed by atoms with Gasteiger partial charge in [-0.25, -0.2) is 4.98 Å². The van der Waals surface area contributed by atoms with Gasteiger partial charge in [-0.05, 0) is 62.1 Å². The first-order valence-electron chi connectivity index (χ1n) is 11.8. The molecule has 1 amide bonds. The highest BCUT2D eigenvalue weighted by atomic mass is 16.5. The Balaban J connectivity index is 1.26. The van der Waals surface area contributed by atoms with E-state index in [4.69, 9.17) is 19.2 Å². The molecule has 1 aliphatic heterocycles. The van der Waals surface area contributed by atoms with Crippen molar-refractivity contribution in [3.8, 4) is 11.5 Å². The monoisotopic (exact) mass is 451 g/mol. The highest BCUT2D eigenvalue weighted by molar-refractivity contribution is 5.80. The maximum atomic E-state index is 12.0. The van der Waals surface area contributed by atoms with E-state index in [2.05, 4.69) is 22.0 Å². The highest BCUT2D eigenvalue weighted by Gasteiger charge is 2.22. The SMILES string of the molecule is COc1ccc(OCCn2c(CCCCCNC(=O)C3CCCO3)nc3ccccc32)cc1. The fourth-order valence-corrected chi connectivity index (χ4v) is 4.19. The number of hydrogen-bond donors (Lipinski definition) is 1. The molecule has 1 unspecified atom stereocenters. The number of carbonyl (C=O) groups excluding carboxylic acids is 1. The van der Waals surface area contributed by atoms with Crippen molar-refractivity contribution in [3.05, 3.63) is 54.4 Å². The normalized spacial score (nSPS) is 15.6. The summed E-state index contributed by atoms with van der Waals surface area (Å²) >= 11 is 0. The van der Waals surface area contributed by atoms with Crippen molar-refractivity contribution in [1.29, 1.82) is 0 Å². The first-order chi connectivity index (χ1) is 16.2. The molecular weight excluding hydrogens is 418 g/mol. The molecule has 1 saturated heterocycles. The molecule has 0 aliphatic carbocycles. The number of imidazole rings is 1. The molecule has 176 valence electrons. The Morgan fingerprint density at radius 3 is 2.73 bits per heavy atom. The first-order valence-corrected chi connectivity index (χ1v) is 11.8. The Morgan fingerprint density at radius 1 is 1.12 bits per heavy atom. The average Bonchev–Trinajstić information content (AvgIpc) is 3.50. The third kappa shape index (κ3) is 6.26. The molecule has 0 radical (unpaired) electrons. The molecule has 7 heteroatoms. The summed E-state index contributed by atoms with van der Waals surface area (Å²) in [5.74, 6) is 2.76. The van der Waals surface area contributed by atoms with Gasteiger partial charge < -0.3 is 24.1 Å². The van der Waals surface area contributed by atoms with Crippen molar-refractivity contribution >= 4 is 16.9 Å². The van der Waals surface area contributed by atoms with E-state index < -0.39 is 0 Å². The van der Waals surface area contributed by atoms with Crippen LogP contribution in [0.15, 0.2) is 48.5 Å². The Bertz CT molecular complexity index is 1030. The van der Waals surface area contributed by atoms with Crippen molar-refractivity contribution in [2.45, 2.75) is 51.2 Å². The van der Waals surface area contributed by atoms with Gasteiger partial charge in [0.15, 0.2) is 0 Å². The van der Waals surface area contributed by atoms with Gasteiger partial charge in [-0.2, -0.15) is 0 Å². The summed E-state index contributed by atoms with van der Waals surface area (Å²) in [5, 5.41) is 3.00. The number of aromatic nitrogens is 2. The van der Waals surface area contributed by atoms with Gasteiger partial charge in [0.2, 0.25) is 5.91 Å². The Morgan fingerprint density at radius 2 is 1.94 bits per heavy atom. The second kappa shape index (κ2) is 11.7. The third-order valence-corrected chi connectivity index (χ3v) is 5.98. The van der Waals surface area contributed by atoms with Crippen LogP contribution in [-0.4, -0.2) is 48.4 Å². The van der Waals surface area contributed by atoms with Crippen LogP contribution in [0.4, 0.5) is 0 Å². The zero-order valence-corrected chi connectivity index (χ0v) is 19.3. The van der Waals surface area contributed by atoms with Gasteiger partial charge >= 0.3 is 0 Å². The summed E-state index contributed by atoms with van der Waals surface area (Å²) in [6, 6.07) is 15.9. The minimum absolute atomic E-state index is 0.0335. The maximum Gasteiger partial charge on any atom is 0.249 e. The zero-order chi connectivity index (χ0) is 22.9. The van der Waals surface area contributed by atoms with Crippen LogP contribution in [0, 0.1) is 0 Å². The second-order valence-corrected chi connectivity index (χ2v) is 8.30. The largest absolute Gasteiger partial charge is 0.497 e. The molecule has 0 spiro atoms. The number of fused-ring (bicyclic) bond motifs is 1. The number of nitrogens with zero attached hydrogens (tertiary/aromatic N) is 2. The van der Waals surface area contributed by atoms with Gasteiger partial charge in [0.1, 0.15) is 30.0 Å². The Kier molecular flexibility index (Phi) is 8.19. The van der Waals surface area contributed by atoms with Crippen molar-refractivity contribution < 1.29 is 19.0 Å². The van der Waals surface area contributed by atoms with Crippen molar-refractivity contribution in [3.63, 3.8) is 0 Å². The molecule has 0 bridgehead atoms. The van der Waals surface area contributed by atoms with Gasteiger partial charge in [-0.3, -0.25) is 4.79 Å². The lowest BCUT2D eigenvalue weighted by Crippen LogP contribution is -2.34. The standard InChI is InChI=1S/C26H33N3O4/c1-31-20-12-14-21(15-13-20)32-19-17-29-23-9-5-4-8-22(23)28-25(29)11-3-2-6-16-27-26(30)24-10-7-18-33-24/h4-5,8-9,12-15,24H,2-3,6-7,10-11,16-19H2,1H3,(H,27,30). The minimum Gasteiger partial charge on any atom is -0.497 e. The van der Waals surface area contributed by atoms with E-state index >= 15 is 0 Å². The van der Waals surface area contributed by atoms with Crippen molar-refractivity contribution in [2.75, 3.05) is 26.9 Å². The maximum absolute atomic E-state index is 12.0.